The maximum atomic E-state index is 6.14. The number of alkyl halides is 2. The summed E-state index contributed by atoms with van der Waals surface area (Å²) in [5.74, 6) is 1.15. The van der Waals surface area contributed by atoms with Gasteiger partial charge < -0.3 is 0 Å². The van der Waals surface area contributed by atoms with Crippen molar-refractivity contribution >= 4 is 38.4 Å². The van der Waals surface area contributed by atoms with E-state index < -0.39 is 0 Å². The zero-order valence-electron chi connectivity index (χ0n) is 7.82. The molecule has 0 saturated carbocycles. The van der Waals surface area contributed by atoms with Crippen molar-refractivity contribution in [2.45, 2.75) is 36.2 Å². The minimum atomic E-state index is -0.385. The molecule has 0 nitrogen and oxygen atoms in total. The van der Waals surface area contributed by atoms with E-state index in [9.17, 15) is 0 Å². The summed E-state index contributed by atoms with van der Waals surface area (Å²) in [5, 5.41) is 1.24. The molecule has 0 aliphatic heterocycles. The van der Waals surface area contributed by atoms with Crippen molar-refractivity contribution in [1.29, 1.82) is 0 Å². The number of hydrogen-bond acceptors (Lipinski definition) is 0. The van der Waals surface area contributed by atoms with Crippen LogP contribution >= 0.6 is 23.2 Å². The first-order valence-electron chi connectivity index (χ1n) is 4.24. The summed E-state index contributed by atoms with van der Waals surface area (Å²) in [4.78, 5) is 0. The Morgan fingerprint density at radius 1 is 1.18 bits per heavy atom. The van der Waals surface area contributed by atoms with Crippen LogP contribution in [-0.2, 0) is 0 Å². The third kappa shape index (κ3) is 5.37. The van der Waals surface area contributed by atoms with Crippen LogP contribution in [0.5, 0.6) is 0 Å². The molecule has 0 fully saturated rings. The predicted octanol–water partition coefficient (Wildman–Crippen LogP) is 3.28. The van der Waals surface area contributed by atoms with Crippen molar-refractivity contribution in [3.63, 3.8) is 0 Å². The fourth-order valence-electron chi connectivity index (χ4n) is 0.770. The Balaban J connectivity index is 3.73. The predicted molar refractivity (Wildman–Crippen MR) is 56.1 cm³/mol. The molecule has 0 aliphatic rings. The third-order valence-electron chi connectivity index (χ3n) is 1.90. The lowest BCUT2D eigenvalue weighted by atomic mass is 10.2. The summed E-state index contributed by atoms with van der Waals surface area (Å²) in [7, 11) is 0. The lowest BCUT2D eigenvalue weighted by Gasteiger charge is -2.23. The Hall–Kier alpha value is 1.11. The van der Waals surface area contributed by atoms with Gasteiger partial charge in [0.2, 0.25) is 0 Å². The summed E-state index contributed by atoms with van der Waals surface area (Å²) < 4.78 is -0.385. The monoisotopic (exact) mass is 210 g/mol. The van der Waals surface area contributed by atoms with E-state index in [0.29, 0.717) is 5.92 Å². The van der Waals surface area contributed by atoms with Gasteiger partial charge in [-0.15, -0.1) is 23.2 Å². The van der Waals surface area contributed by atoms with Gasteiger partial charge >= 0.3 is 0 Å². The Kier molecular flexibility index (Phi) is 5.48. The first-order valence-corrected chi connectivity index (χ1v) is 6.70. The number of hydrogen-bond donors (Lipinski definition) is 0. The van der Waals surface area contributed by atoms with Gasteiger partial charge in [-0.3, -0.25) is 0 Å². The molecular weight excluding hydrogens is 194 g/mol. The molecule has 0 bridgehead atoms. The number of halogens is 2. The molecule has 0 saturated heterocycles. The van der Waals surface area contributed by atoms with E-state index in [1.165, 1.54) is 5.28 Å². The third-order valence-corrected chi connectivity index (χ3v) is 6.83. The normalized spacial score (nSPS) is 12.7. The van der Waals surface area contributed by atoms with Gasteiger partial charge in [0.25, 0.3) is 15.2 Å². The van der Waals surface area contributed by atoms with Gasteiger partial charge in [0.15, 0.2) is 0 Å². The van der Waals surface area contributed by atoms with Crippen molar-refractivity contribution in [1.82, 2.24) is 0 Å². The van der Waals surface area contributed by atoms with E-state index in [4.69, 9.17) is 23.2 Å². The summed E-state index contributed by atoms with van der Waals surface area (Å²) >= 11 is 12.0. The zero-order valence-corrected chi connectivity index (χ0v) is 10.8. The molecule has 0 aromatic carbocycles. The fourth-order valence-corrected chi connectivity index (χ4v) is 2.96. The molecule has 0 aliphatic carbocycles. The molecule has 3 heteroatoms. The van der Waals surface area contributed by atoms with Gasteiger partial charge in [-0.2, -0.15) is 0 Å². The largest absolute Gasteiger partial charge is 0.295 e. The molecule has 0 aromatic rings. The van der Waals surface area contributed by atoms with E-state index >= 15 is 0 Å². The van der Waals surface area contributed by atoms with Crippen LogP contribution in [0, 0.1) is 11.8 Å². The van der Waals surface area contributed by atoms with Gasteiger partial charge in [0.1, 0.15) is 0 Å². The topological polar surface area (TPSA) is 0 Å². The second-order valence-corrected chi connectivity index (χ2v) is 8.48. The molecule has 0 rings (SSSR count). The molecule has 0 radical (unpaired) electrons. The van der Waals surface area contributed by atoms with Crippen LogP contribution in [0.25, 0.3) is 0 Å². The molecule has 0 heterocycles. The van der Waals surface area contributed by atoms with Crippen LogP contribution in [0.3, 0.4) is 0 Å². The quantitative estimate of drug-likeness (QED) is 0.494. The van der Waals surface area contributed by atoms with Crippen LogP contribution in [0.2, 0.25) is 5.28 Å². The molecule has 0 unspecified atom stereocenters. The van der Waals surface area contributed by atoms with Crippen molar-refractivity contribution in [2.75, 3.05) is 0 Å². The van der Waals surface area contributed by atoms with E-state index in [1.807, 2.05) is 0 Å². The summed E-state index contributed by atoms with van der Waals surface area (Å²) in [6.07, 6.45) is 0. The fraction of sp³-hybridized carbons (Fsp3) is 1.00. The van der Waals surface area contributed by atoms with Crippen LogP contribution in [0.1, 0.15) is 27.7 Å². The standard InChI is InChI=1S/C4H7Cl2.C4H9.Al.H/c1-3(2)4(5)6;1-4(2)3;;/h3H,1-2H3;4H,1H2,2-3H3;;. The first kappa shape index (κ1) is 12.1. The highest BCUT2D eigenvalue weighted by atomic mass is 35.5. The molecule has 0 amide bonds. The SMILES string of the molecule is CC(C)[CH2][AlH][C](Cl)(Cl)C(C)C. The van der Waals surface area contributed by atoms with Gasteiger partial charge in [0.05, 0.1) is 3.20 Å². The molecule has 0 atom stereocenters. The van der Waals surface area contributed by atoms with Gasteiger partial charge in [-0.05, 0) is 5.92 Å². The van der Waals surface area contributed by atoms with Crippen LogP contribution in [-0.4, -0.2) is 18.4 Å². The van der Waals surface area contributed by atoms with Crippen LogP contribution in [0.4, 0.5) is 0 Å². The van der Waals surface area contributed by atoms with Crippen molar-refractivity contribution in [3.8, 4) is 0 Å². The van der Waals surface area contributed by atoms with Gasteiger partial charge in [0, 0.05) is 0 Å². The summed E-state index contributed by atoms with van der Waals surface area (Å²) in [6.45, 7) is 8.62. The highest BCUT2D eigenvalue weighted by molar-refractivity contribution is 6.72. The van der Waals surface area contributed by atoms with E-state index in [2.05, 4.69) is 27.7 Å². The van der Waals surface area contributed by atoms with Crippen molar-refractivity contribution in [3.05, 3.63) is 0 Å². The molecular formula is C8H17AlCl2. The molecule has 0 aromatic heterocycles. The van der Waals surface area contributed by atoms with Gasteiger partial charge in [-0.25, -0.2) is 0 Å². The second kappa shape index (κ2) is 4.98. The molecule has 0 N–H and O–H groups in total. The highest BCUT2D eigenvalue weighted by Crippen LogP contribution is 2.30. The average Bonchev–Trinajstić information content (AvgIpc) is 1.84. The maximum absolute atomic E-state index is 6.14. The lowest BCUT2D eigenvalue weighted by molar-refractivity contribution is 0.649. The highest BCUT2D eigenvalue weighted by Gasteiger charge is 2.29. The minimum Gasteiger partial charge on any atom is -0.120 e. The molecule has 11 heavy (non-hydrogen) atoms. The first-order chi connectivity index (χ1) is 4.86. The molecule has 0 spiro atoms. The number of rotatable bonds is 4. The Morgan fingerprint density at radius 2 is 1.64 bits per heavy atom. The second-order valence-electron chi connectivity index (χ2n) is 3.85. The Labute approximate surface area is 86.4 Å². The van der Waals surface area contributed by atoms with E-state index in [0.717, 1.165) is 5.92 Å². The summed E-state index contributed by atoms with van der Waals surface area (Å²) in [5.41, 5.74) is 0. The van der Waals surface area contributed by atoms with Crippen LogP contribution in [0.15, 0.2) is 0 Å². The Bertz CT molecular complexity index is 111. The lowest BCUT2D eigenvalue weighted by Crippen LogP contribution is -2.29. The zero-order chi connectivity index (χ0) is 9.07. The summed E-state index contributed by atoms with van der Waals surface area (Å²) in [6, 6.07) is 0. The molecule has 66 valence electrons. The minimum absolute atomic E-state index is 0.325. The van der Waals surface area contributed by atoms with Crippen molar-refractivity contribution < 1.29 is 0 Å². The van der Waals surface area contributed by atoms with E-state index in [-0.39, 0.29) is 18.4 Å². The van der Waals surface area contributed by atoms with E-state index in [1.54, 1.807) is 0 Å². The smallest absolute Gasteiger partial charge is 0.120 e. The maximum Gasteiger partial charge on any atom is 0.295 e. The van der Waals surface area contributed by atoms with Crippen molar-refractivity contribution in [2.24, 2.45) is 11.8 Å². The van der Waals surface area contributed by atoms with Gasteiger partial charge in [-0.1, -0.05) is 38.9 Å². The average molecular weight is 211 g/mol. The Morgan fingerprint density at radius 3 is 1.91 bits per heavy atom. The van der Waals surface area contributed by atoms with Crippen LogP contribution < -0.4 is 0 Å².